The summed E-state index contributed by atoms with van der Waals surface area (Å²) in [4.78, 5) is 23.3. The SMILES string of the molecule is CCN(Cc1ccc(C(F)(F)F)cc1)c1ncnc2c1c(F)cn2C[C@@H]1CCN(CC(N)=O)C[C@H]1O. The molecule has 1 amide bonds. The number of primary amides is 1. The molecule has 2 aromatic heterocycles. The predicted octanol–water partition coefficient (Wildman–Crippen LogP) is 2.78. The molecule has 0 saturated carbocycles. The maximum Gasteiger partial charge on any atom is 0.416 e. The Morgan fingerprint density at radius 1 is 1.25 bits per heavy atom. The molecule has 3 N–H and O–H groups in total. The molecule has 0 bridgehead atoms. The highest BCUT2D eigenvalue weighted by atomic mass is 19.4. The van der Waals surface area contributed by atoms with E-state index in [2.05, 4.69) is 9.97 Å². The van der Waals surface area contributed by atoms with Gasteiger partial charge in [0.25, 0.3) is 0 Å². The van der Waals surface area contributed by atoms with Gasteiger partial charge in [0.1, 0.15) is 17.8 Å². The van der Waals surface area contributed by atoms with Gasteiger partial charge in [-0.05, 0) is 37.6 Å². The number of likely N-dealkylation sites (tertiary alicyclic amines) is 1. The second kappa shape index (κ2) is 10.4. The van der Waals surface area contributed by atoms with E-state index in [9.17, 15) is 23.1 Å². The van der Waals surface area contributed by atoms with Crippen molar-refractivity contribution in [3.05, 3.63) is 53.7 Å². The number of aromatic nitrogens is 3. The van der Waals surface area contributed by atoms with Crippen LogP contribution in [0.25, 0.3) is 11.0 Å². The summed E-state index contributed by atoms with van der Waals surface area (Å²) in [5.41, 5.74) is 5.51. The van der Waals surface area contributed by atoms with Gasteiger partial charge in [-0.15, -0.1) is 0 Å². The zero-order chi connectivity index (χ0) is 26.0. The van der Waals surface area contributed by atoms with Crippen molar-refractivity contribution in [2.45, 2.75) is 38.7 Å². The molecule has 0 aliphatic carbocycles. The number of rotatable bonds is 8. The summed E-state index contributed by atoms with van der Waals surface area (Å²) in [7, 11) is 0. The van der Waals surface area contributed by atoms with Crippen molar-refractivity contribution < 1.29 is 27.5 Å². The first-order valence-electron chi connectivity index (χ1n) is 11.7. The van der Waals surface area contributed by atoms with Gasteiger partial charge in [-0.1, -0.05) is 12.1 Å². The Hall–Kier alpha value is -3.25. The number of alkyl halides is 3. The van der Waals surface area contributed by atoms with Gasteiger partial charge in [0.05, 0.1) is 23.6 Å². The van der Waals surface area contributed by atoms with Crippen molar-refractivity contribution in [3.8, 4) is 0 Å². The number of nitrogens with two attached hydrogens (primary N) is 1. The number of hydrogen-bond donors (Lipinski definition) is 2. The number of hydrogen-bond acceptors (Lipinski definition) is 6. The average Bonchev–Trinajstić information content (AvgIpc) is 3.14. The molecule has 2 atom stereocenters. The largest absolute Gasteiger partial charge is 0.416 e. The molecule has 12 heteroatoms. The second-order valence-corrected chi connectivity index (χ2v) is 9.05. The van der Waals surface area contributed by atoms with Crippen LogP contribution < -0.4 is 10.6 Å². The minimum Gasteiger partial charge on any atom is -0.391 e. The number of anilines is 1. The highest BCUT2D eigenvalue weighted by Crippen LogP contribution is 2.32. The van der Waals surface area contributed by atoms with Gasteiger partial charge in [-0.2, -0.15) is 13.2 Å². The first-order valence-corrected chi connectivity index (χ1v) is 11.7. The van der Waals surface area contributed by atoms with Crippen LogP contribution in [0.5, 0.6) is 0 Å². The fourth-order valence-electron chi connectivity index (χ4n) is 4.67. The Balaban J connectivity index is 1.55. The Morgan fingerprint density at radius 3 is 2.58 bits per heavy atom. The van der Waals surface area contributed by atoms with E-state index in [0.717, 1.165) is 12.1 Å². The summed E-state index contributed by atoms with van der Waals surface area (Å²) >= 11 is 0. The van der Waals surface area contributed by atoms with Gasteiger partial charge >= 0.3 is 6.18 Å². The van der Waals surface area contributed by atoms with E-state index in [4.69, 9.17) is 5.73 Å². The zero-order valence-corrected chi connectivity index (χ0v) is 19.7. The number of halogens is 4. The van der Waals surface area contributed by atoms with Crippen molar-refractivity contribution in [1.29, 1.82) is 0 Å². The lowest BCUT2D eigenvalue weighted by Gasteiger charge is -2.35. The molecule has 36 heavy (non-hydrogen) atoms. The minimum atomic E-state index is -4.42. The molecular formula is C24H28F4N6O2. The molecule has 4 rings (SSSR count). The van der Waals surface area contributed by atoms with Crippen LogP contribution in [0.3, 0.4) is 0 Å². The van der Waals surface area contributed by atoms with E-state index < -0.39 is 29.6 Å². The van der Waals surface area contributed by atoms with Crippen LogP contribution in [0, 0.1) is 11.7 Å². The number of aliphatic hydroxyl groups excluding tert-OH is 1. The van der Waals surface area contributed by atoms with E-state index in [0.29, 0.717) is 49.6 Å². The molecule has 3 heterocycles. The lowest BCUT2D eigenvalue weighted by molar-refractivity contribution is -0.137. The molecule has 1 saturated heterocycles. The topological polar surface area (TPSA) is 101 Å². The Morgan fingerprint density at radius 2 is 1.97 bits per heavy atom. The lowest BCUT2D eigenvalue weighted by Crippen LogP contribution is -2.47. The molecule has 0 radical (unpaired) electrons. The van der Waals surface area contributed by atoms with Gasteiger partial charge in [-0.25, -0.2) is 14.4 Å². The smallest absolute Gasteiger partial charge is 0.391 e. The minimum absolute atomic E-state index is 0.0766. The van der Waals surface area contributed by atoms with E-state index in [1.165, 1.54) is 24.7 Å². The molecule has 1 aromatic carbocycles. The molecule has 8 nitrogen and oxygen atoms in total. The second-order valence-electron chi connectivity index (χ2n) is 9.05. The number of carbonyl (C=O) groups excluding carboxylic acids is 1. The number of benzene rings is 1. The summed E-state index contributed by atoms with van der Waals surface area (Å²) in [6.07, 6.45) is -1.87. The lowest BCUT2D eigenvalue weighted by atomic mass is 9.93. The van der Waals surface area contributed by atoms with Crippen LogP contribution in [0.1, 0.15) is 24.5 Å². The summed E-state index contributed by atoms with van der Waals surface area (Å²) in [5, 5.41) is 10.8. The van der Waals surface area contributed by atoms with Crippen LogP contribution >= 0.6 is 0 Å². The van der Waals surface area contributed by atoms with Crippen LogP contribution in [0.2, 0.25) is 0 Å². The fourth-order valence-corrected chi connectivity index (χ4v) is 4.67. The van der Waals surface area contributed by atoms with Gasteiger partial charge in [0, 0.05) is 38.3 Å². The normalized spacial score (nSPS) is 19.1. The number of carbonyl (C=O) groups is 1. The van der Waals surface area contributed by atoms with Crippen LogP contribution in [-0.4, -0.2) is 62.7 Å². The number of aliphatic hydroxyl groups is 1. The Labute approximate surface area is 205 Å². The predicted molar refractivity (Wildman–Crippen MR) is 125 cm³/mol. The molecule has 3 aromatic rings. The van der Waals surface area contributed by atoms with Crippen molar-refractivity contribution in [1.82, 2.24) is 19.4 Å². The van der Waals surface area contributed by atoms with E-state index in [1.54, 1.807) is 14.4 Å². The van der Waals surface area contributed by atoms with Crippen molar-refractivity contribution >= 4 is 22.8 Å². The van der Waals surface area contributed by atoms with Crippen molar-refractivity contribution in [2.75, 3.05) is 31.1 Å². The average molecular weight is 509 g/mol. The van der Waals surface area contributed by atoms with Crippen molar-refractivity contribution in [3.63, 3.8) is 0 Å². The van der Waals surface area contributed by atoms with E-state index in [-0.39, 0.29) is 24.4 Å². The maximum absolute atomic E-state index is 15.2. The molecular weight excluding hydrogens is 480 g/mol. The zero-order valence-electron chi connectivity index (χ0n) is 19.7. The highest BCUT2D eigenvalue weighted by molar-refractivity contribution is 5.88. The number of nitrogens with zero attached hydrogens (tertiary/aromatic N) is 5. The van der Waals surface area contributed by atoms with E-state index >= 15 is 4.39 Å². The maximum atomic E-state index is 15.2. The molecule has 0 spiro atoms. The third-order valence-electron chi connectivity index (χ3n) is 6.54. The van der Waals surface area contributed by atoms with E-state index in [1.807, 2.05) is 6.92 Å². The standard InChI is InChI=1S/C24H28F4N6O2/c1-2-33(9-15-3-5-17(6-4-15)24(26,27)28)22-21-18(25)11-34(23(21)31-14-30-22)10-16-7-8-32(12-19(16)35)13-20(29)36/h3-6,11,14,16,19,35H,2,7-10,12-13H2,1H3,(H2,29,36)/t16-,19+/m0/s1. The van der Waals surface area contributed by atoms with Crippen LogP contribution in [0.4, 0.5) is 23.4 Å². The highest BCUT2D eigenvalue weighted by Gasteiger charge is 2.31. The van der Waals surface area contributed by atoms with Gasteiger partial charge < -0.3 is 20.3 Å². The number of β-amino-alcohol motifs (C(OH)–C–C–N with tert-alkyl or cyclic N) is 1. The van der Waals surface area contributed by atoms with Crippen LogP contribution in [-0.2, 0) is 24.1 Å². The first kappa shape index (κ1) is 25.8. The molecule has 1 aliphatic rings. The quantitative estimate of drug-likeness (QED) is 0.454. The Kier molecular flexibility index (Phi) is 7.46. The van der Waals surface area contributed by atoms with Gasteiger partial charge in [0.15, 0.2) is 5.82 Å². The first-order chi connectivity index (χ1) is 17.1. The fraction of sp³-hybridized carbons (Fsp3) is 0.458. The Bertz CT molecular complexity index is 1210. The molecule has 1 aliphatic heterocycles. The number of piperidine rings is 1. The van der Waals surface area contributed by atoms with Crippen molar-refractivity contribution in [2.24, 2.45) is 11.7 Å². The summed E-state index contributed by atoms with van der Waals surface area (Å²) < 4.78 is 55.5. The summed E-state index contributed by atoms with van der Waals surface area (Å²) in [5.74, 6) is -0.806. The van der Waals surface area contributed by atoms with Gasteiger partial charge in [0.2, 0.25) is 5.91 Å². The third kappa shape index (κ3) is 5.59. The summed E-state index contributed by atoms with van der Waals surface area (Å²) in [6.45, 7) is 3.82. The van der Waals surface area contributed by atoms with Crippen LogP contribution in [0.15, 0.2) is 36.8 Å². The summed E-state index contributed by atoms with van der Waals surface area (Å²) in [6, 6.07) is 4.85. The third-order valence-corrected chi connectivity index (χ3v) is 6.54. The molecule has 0 unspecified atom stereocenters. The number of amides is 1. The molecule has 194 valence electrons. The van der Waals surface area contributed by atoms with Gasteiger partial charge in [-0.3, -0.25) is 9.69 Å². The molecule has 1 fully saturated rings. The number of fused-ring (bicyclic) bond motifs is 1. The monoisotopic (exact) mass is 508 g/mol.